The molecule has 1 saturated heterocycles. The molecule has 14 nitrogen and oxygen atoms in total. The molecule has 1 N–H and O–H groups in total. The number of unbranched alkanes of at least 4 members (excludes halogenated alkanes) is 5. The molecule has 298 valence electrons. The SMILES string of the molecule is CCCCCCCCC(=O)OCCOCCOCCOCCOCCOCCOCCOCCOCCOCCOCCOC1CCNCC1. The molecule has 0 aromatic rings. The van der Waals surface area contributed by atoms with E-state index in [0.29, 0.717) is 151 Å². The number of hydrogen-bond acceptors (Lipinski definition) is 14. The highest BCUT2D eigenvalue weighted by atomic mass is 16.6. The van der Waals surface area contributed by atoms with Crippen LogP contribution in [0.15, 0.2) is 0 Å². The quantitative estimate of drug-likeness (QED) is 0.0729. The van der Waals surface area contributed by atoms with E-state index in [9.17, 15) is 4.79 Å². The van der Waals surface area contributed by atoms with E-state index in [1.165, 1.54) is 25.7 Å². The third-order valence-electron chi connectivity index (χ3n) is 7.44. The van der Waals surface area contributed by atoms with Gasteiger partial charge in [0.2, 0.25) is 0 Å². The molecule has 1 aliphatic heterocycles. The van der Waals surface area contributed by atoms with Gasteiger partial charge in [0.1, 0.15) is 6.61 Å². The number of hydrogen-bond donors (Lipinski definition) is 1. The second-order valence-electron chi connectivity index (χ2n) is 11.7. The van der Waals surface area contributed by atoms with Gasteiger partial charge in [0.05, 0.1) is 145 Å². The zero-order valence-corrected chi connectivity index (χ0v) is 31.2. The molecule has 1 rings (SSSR count). The lowest BCUT2D eigenvalue weighted by atomic mass is 10.1. The van der Waals surface area contributed by atoms with Gasteiger partial charge in [-0.25, -0.2) is 0 Å². The number of esters is 1. The van der Waals surface area contributed by atoms with Crippen molar-refractivity contribution < 1.29 is 61.6 Å². The minimum absolute atomic E-state index is 0.143. The molecule has 14 heteroatoms. The summed E-state index contributed by atoms with van der Waals surface area (Å²) in [7, 11) is 0. The first-order valence-electron chi connectivity index (χ1n) is 19.1. The van der Waals surface area contributed by atoms with E-state index in [-0.39, 0.29) is 12.6 Å². The summed E-state index contributed by atoms with van der Waals surface area (Å²) >= 11 is 0. The van der Waals surface area contributed by atoms with Gasteiger partial charge in [-0.05, 0) is 32.4 Å². The molecule has 1 fully saturated rings. The lowest BCUT2D eigenvalue weighted by molar-refractivity contribution is -0.145. The van der Waals surface area contributed by atoms with Crippen LogP contribution >= 0.6 is 0 Å². The van der Waals surface area contributed by atoms with Gasteiger partial charge in [0.25, 0.3) is 0 Å². The van der Waals surface area contributed by atoms with E-state index in [2.05, 4.69) is 12.2 Å². The minimum atomic E-state index is -0.143. The van der Waals surface area contributed by atoms with Crippen LogP contribution in [0.3, 0.4) is 0 Å². The van der Waals surface area contributed by atoms with Gasteiger partial charge in [-0.15, -0.1) is 0 Å². The molecule has 50 heavy (non-hydrogen) atoms. The van der Waals surface area contributed by atoms with Gasteiger partial charge in [0.15, 0.2) is 0 Å². The second kappa shape index (κ2) is 40.8. The smallest absolute Gasteiger partial charge is 0.305 e. The number of rotatable bonds is 41. The summed E-state index contributed by atoms with van der Waals surface area (Å²) in [6, 6.07) is 0. The topological polar surface area (TPSA) is 140 Å². The summed E-state index contributed by atoms with van der Waals surface area (Å²) in [4.78, 5) is 11.7. The van der Waals surface area contributed by atoms with Crippen molar-refractivity contribution in [2.24, 2.45) is 0 Å². The molecule has 0 amide bonds. The largest absolute Gasteiger partial charge is 0.463 e. The molecule has 0 unspecified atom stereocenters. The fourth-order valence-electron chi connectivity index (χ4n) is 4.65. The fraction of sp³-hybridized carbons (Fsp3) is 0.972. The highest BCUT2D eigenvalue weighted by molar-refractivity contribution is 5.69. The Kier molecular flexibility index (Phi) is 38.3. The molecule has 0 spiro atoms. The van der Waals surface area contributed by atoms with Crippen LogP contribution in [0, 0.1) is 0 Å². The summed E-state index contributed by atoms with van der Waals surface area (Å²) in [6.45, 7) is 15.3. The Bertz CT molecular complexity index is 674. The van der Waals surface area contributed by atoms with Crippen LogP contribution in [-0.4, -0.2) is 171 Å². The van der Waals surface area contributed by atoms with E-state index < -0.39 is 0 Å². The van der Waals surface area contributed by atoms with Crippen molar-refractivity contribution in [2.45, 2.75) is 70.8 Å². The van der Waals surface area contributed by atoms with Crippen molar-refractivity contribution >= 4 is 5.97 Å². The molecule has 1 heterocycles. The van der Waals surface area contributed by atoms with E-state index in [4.69, 9.17) is 56.8 Å². The van der Waals surface area contributed by atoms with Gasteiger partial charge >= 0.3 is 5.97 Å². The molecule has 0 aromatic carbocycles. The molecule has 0 bridgehead atoms. The number of ether oxygens (including phenoxy) is 12. The standard InChI is InChI=1S/C36H71NO13/c1-2-3-4-5-6-7-8-36(38)50-34-32-48-30-28-46-26-24-44-22-20-42-18-16-40-14-13-39-15-17-41-19-21-43-23-25-45-27-29-47-31-33-49-35-9-11-37-12-10-35/h35,37H,2-34H2,1H3. The Morgan fingerprint density at radius 1 is 0.440 bits per heavy atom. The predicted molar refractivity (Wildman–Crippen MR) is 189 cm³/mol. The van der Waals surface area contributed by atoms with Crippen molar-refractivity contribution in [1.82, 2.24) is 5.32 Å². The highest BCUT2D eigenvalue weighted by Gasteiger charge is 2.12. The summed E-state index contributed by atoms with van der Waals surface area (Å²) in [5.74, 6) is -0.143. The molecule has 0 saturated carbocycles. The van der Waals surface area contributed by atoms with Crippen molar-refractivity contribution in [1.29, 1.82) is 0 Å². The van der Waals surface area contributed by atoms with Crippen LogP contribution in [-0.2, 0) is 61.6 Å². The van der Waals surface area contributed by atoms with Crippen molar-refractivity contribution in [3.63, 3.8) is 0 Å². The number of carbonyl (C=O) groups is 1. The zero-order valence-electron chi connectivity index (χ0n) is 31.2. The second-order valence-corrected chi connectivity index (χ2v) is 11.7. The Morgan fingerprint density at radius 2 is 0.760 bits per heavy atom. The van der Waals surface area contributed by atoms with Crippen molar-refractivity contribution in [3.05, 3.63) is 0 Å². The number of nitrogens with one attached hydrogen (secondary N) is 1. The van der Waals surface area contributed by atoms with Crippen LogP contribution in [0.25, 0.3) is 0 Å². The van der Waals surface area contributed by atoms with Crippen molar-refractivity contribution in [3.8, 4) is 0 Å². The average Bonchev–Trinajstić information content (AvgIpc) is 3.13. The highest BCUT2D eigenvalue weighted by Crippen LogP contribution is 2.08. The van der Waals surface area contributed by atoms with Crippen LogP contribution in [0.1, 0.15) is 64.7 Å². The lowest BCUT2D eigenvalue weighted by Crippen LogP contribution is -2.33. The van der Waals surface area contributed by atoms with Gasteiger partial charge in [-0.2, -0.15) is 0 Å². The Balaban J connectivity index is 1.62. The summed E-state index contributed by atoms with van der Waals surface area (Å²) in [5.41, 5.74) is 0. The fourth-order valence-corrected chi connectivity index (χ4v) is 4.65. The third kappa shape index (κ3) is 36.8. The Labute approximate surface area is 302 Å². The first-order valence-corrected chi connectivity index (χ1v) is 19.1. The van der Waals surface area contributed by atoms with Crippen LogP contribution in [0.4, 0.5) is 0 Å². The summed E-state index contributed by atoms with van der Waals surface area (Å²) < 4.78 is 65.8. The van der Waals surface area contributed by atoms with E-state index in [1.807, 2.05) is 0 Å². The molecule has 0 aromatic heterocycles. The van der Waals surface area contributed by atoms with E-state index in [1.54, 1.807) is 0 Å². The van der Waals surface area contributed by atoms with Crippen LogP contribution in [0.2, 0.25) is 0 Å². The maximum Gasteiger partial charge on any atom is 0.305 e. The van der Waals surface area contributed by atoms with Gasteiger partial charge in [-0.1, -0.05) is 39.0 Å². The maximum absolute atomic E-state index is 11.7. The lowest BCUT2D eigenvalue weighted by Gasteiger charge is -2.22. The van der Waals surface area contributed by atoms with E-state index in [0.717, 1.165) is 38.8 Å². The molecule has 0 aliphatic carbocycles. The molecule has 0 radical (unpaired) electrons. The normalized spacial score (nSPS) is 13.7. The minimum Gasteiger partial charge on any atom is -0.463 e. The Hall–Kier alpha value is -1.01. The number of carbonyl (C=O) groups excluding carboxylic acids is 1. The number of piperidine rings is 1. The van der Waals surface area contributed by atoms with Gasteiger partial charge < -0.3 is 62.2 Å². The average molecular weight is 726 g/mol. The van der Waals surface area contributed by atoms with Crippen LogP contribution < -0.4 is 5.32 Å². The van der Waals surface area contributed by atoms with Crippen molar-refractivity contribution in [2.75, 3.05) is 158 Å². The monoisotopic (exact) mass is 725 g/mol. The first-order chi connectivity index (χ1) is 24.8. The Morgan fingerprint density at radius 3 is 1.14 bits per heavy atom. The van der Waals surface area contributed by atoms with Gasteiger partial charge in [-0.3, -0.25) is 4.79 Å². The third-order valence-corrected chi connectivity index (χ3v) is 7.44. The van der Waals surface area contributed by atoms with Gasteiger partial charge in [0, 0.05) is 6.42 Å². The molecule has 1 aliphatic rings. The summed E-state index contributed by atoms with van der Waals surface area (Å²) in [5, 5.41) is 3.33. The first kappa shape index (κ1) is 47.0. The summed E-state index contributed by atoms with van der Waals surface area (Å²) in [6.07, 6.45) is 9.95. The maximum atomic E-state index is 11.7. The molecular formula is C36H71NO13. The molecular weight excluding hydrogens is 654 g/mol. The predicted octanol–water partition coefficient (Wildman–Crippen LogP) is 3.21. The van der Waals surface area contributed by atoms with E-state index >= 15 is 0 Å². The molecule has 0 atom stereocenters. The van der Waals surface area contributed by atoms with Crippen LogP contribution in [0.5, 0.6) is 0 Å². The zero-order chi connectivity index (χ0) is 35.7.